The zero-order valence-corrected chi connectivity index (χ0v) is 33.8. The van der Waals surface area contributed by atoms with E-state index in [2.05, 4.69) is 10.3 Å². The number of halogens is 2. The van der Waals surface area contributed by atoms with Crippen molar-refractivity contribution in [2.45, 2.75) is 64.1 Å². The topological polar surface area (TPSA) is 202 Å². The van der Waals surface area contributed by atoms with Crippen LogP contribution < -0.4 is 21.5 Å². The summed E-state index contributed by atoms with van der Waals surface area (Å²) in [5.74, 6) is -3.14. The standard InChI is InChI=1S/C41H42Cl2N4O12/c1-4-55-35(48)19-18-31(40(53)56-5-2)44-36(49)24-10-16-30(17-11-24)46(3)21-27-22-47(41(54)45-37(27)50)34-20-32(59-39(52)26-8-14-29(43)15-9-26)33(58-34)23-57-38(51)25-6-12-28(42)13-7-25/h6-17,22,31-34H,4-5,18-21,23H2,1-3H3,(H,44,49)(H,45,50,54)/t31?,32-,33+,34+/m0/s1. The van der Waals surface area contributed by atoms with Crippen LogP contribution in [0.1, 0.15) is 76.0 Å². The van der Waals surface area contributed by atoms with E-state index in [0.29, 0.717) is 15.7 Å². The molecule has 3 aromatic carbocycles. The molecule has 16 nitrogen and oxygen atoms in total. The summed E-state index contributed by atoms with van der Waals surface area (Å²) in [7, 11) is 1.69. The normalized spacial score (nSPS) is 16.4. The number of carbonyl (C=O) groups is 5. The largest absolute Gasteiger partial charge is 0.466 e. The molecule has 1 aromatic heterocycles. The van der Waals surface area contributed by atoms with Gasteiger partial charge in [-0.2, -0.15) is 0 Å². The maximum atomic E-state index is 13.2. The van der Waals surface area contributed by atoms with E-state index in [0.717, 1.165) is 0 Å². The molecular weight excluding hydrogens is 811 g/mol. The predicted octanol–water partition coefficient (Wildman–Crippen LogP) is 4.85. The highest BCUT2D eigenvalue weighted by molar-refractivity contribution is 6.31. The van der Waals surface area contributed by atoms with Crippen molar-refractivity contribution in [2.24, 2.45) is 0 Å². The molecule has 18 heteroatoms. The molecule has 1 saturated heterocycles. The Morgan fingerprint density at radius 3 is 2.05 bits per heavy atom. The third-order valence-electron chi connectivity index (χ3n) is 9.13. The predicted molar refractivity (Wildman–Crippen MR) is 215 cm³/mol. The van der Waals surface area contributed by atoms with Crippen LogP contribution in [0.4, 0.5) is 5.69 Å². The minimum absolute atomic E-state index is 0.00375. The van der Waals surface area contributed by atoms with Crippen LogP contribution in [0, 0.1) is 0 Å². The molecule has 0 radical (unpaired) electrons. The summed E-state index contributed by atoms with van der Waals surface area (Å²) in [6.45, 7) is 3.23. The van der Waals surface area contributed by atoms with Crippen molar-refractivity contribution in [3.8, 4) is 0 Å². The molecule has 0 aliphatic carbocycles. The second-order valence-electron chi connectivity index (χ2n) is 13.3. The highest BCUT2D eigenvalue weighted by Crippen LogP contribution is 2.31. The molecule has 1 aliphatic rings. The summed E-state index contributed by atoms with van der Waals surface area (Å²) in [6.07, 6.45) is -1.83. The van der Waals surface area contributed by atoms with Crippen LogP contribution in [-0.4, -0.2) is 84.5 Å². The van der Waals surface area contributed by atoms with Crippen LogP contribution in [-0.2, 0) is 39.8 Å². The molecule has 0 bridgehead atoms. The van der Waals surface area contributed by atoms with Gasteiger partial charge in [0.1, 0.15) is 31.1 Å². The average molecular weight is 854 g/mol. The van der Waals surface area contributed by atoms with Gasteiger partial charge in [-0.15, -0.1) is 0 Å². The second kappa shape index (κ2) is 20.6. The fourth-order valence-corrected chi connectivity index (χ4v) is 6.31. The molecule has 1 aliphatic heterocycles. The molecule has 1 amide bonds. The molecule has 2 N–H and O–H groups in total. The van der Waals surface area contributed by atoms with E-state index in [9.17, 15) is 33.6 Å². The highest BCUT2D eigenvalue weighted by atomic mass is 35.5. The van der Waals surface area contributed by atoms with Crippen molar-refractivity contribution in [1.82, 2.24) is 14.9 Å². The number of ether oxygens (including phenoxy) is 5. The Hall–Kier alpha value is -5.97. The lowest BCUT2D eigenvalue weighted by Crippen LogP contribution is -2.42. The number of aromatic amines is 1. The first-order chi connectivity index (χ1) is 28.3. The molecule has 0 spiro atoms. The van der Waals surface area contributed by atoms with E-state index < -0.39 is 65.5 Å². The van der Waals surface area contributed by atoms with Gasteiger partial charge in [0.25, 0.3) is 11.5 Å². The lowest BCUT2D eigenvalue weighted by Gasteiger charge is -2.21. The van der Waals surface area contributed by atoms with E-state index in [-0.39, 0.29) is 67.9 Å². The summed E-state index contributed by atoms with van der Waals surface area (Å²) in [5, 5.41) is 3.46. The Labute approximate surface area is 348 Å². The van der Waals surface area contributed by atoms with E-state index >= 15 is 0 Å². The van der Waals surface area contributed by atoms with Gasteiger partial charge in [0.2, 0.25) is 0 Å². The molecule has 59 heavy (non-hydrogen) atoms. The van der Waals surface area contributed by atoms with Crippen LogP contribution in [0.15, 0.2) is 88.6 Å². The average Bonchev–Trinajstić information content (AvgIpc) is 3.61. The Bertz CT molecular complexity index is 2240. The number of nitrogens with zero attached hydrogens (tertiary/aromatic N) is 2. The van der Waals surface area contributed by atoms with Crippen molar-refractivity contribution in [3.63, 3.8) is 0 Å². The van der Waals surface area contributed by atoms with Gasteiger partial charge in [-0.25, -0.2) is 19.2 Å². The van der Waals surface area contributed by atoms with Crippen molar-refractivity contribution in [1.29, 1.82) is 0 Å². The highest BCUT2D eigenvalue weighted by Gasteiger charge is 2.40. The number of aromatic nitrogens is 2. The Morgan fingerprint density at radius 1 is 0.847 bits per heavy atom. The van der Waals surface area contributed by atoms with Gasteiger partial charge in [0.05, 0.1) is 29.9 Å². The number of hydrogen-bond donors (Lipinski definition) is 2. The third kappa shape index (κ3) is 12.0. The van der Waals surface area contributed by atoms with Gasteiger partial charge in [0, 0.05) is 53.9 Å². The molecule has 2 heterocycles. The zero-order valence-electron chi connectivity index (χ0n) is 32.3. The van der Waals surface area contributed by atoms with Crippen molar-refractivity contribution in [2.75, 3.05) is 31.8 Å². The van der Waals surface area contributed by atoms with Gasteiger partial charge < -0.3 is 33.9 Å². The molecule has 4 atom stereocenters. The fraction of sp³-hybridized carbons (Fsp3) is 0.341. The minimum atomic E-state index is -1.08. The van der Waals surface area contributed by atoms with Gasteiger partial charge in [-0.05, 0) is 93.1 Å². The number of hydrogen-bond acceptors (Lipinski definition) is 13. The second-order valence-corrected chi connectivity index (χ2v) is 14.1. The molecule has 4 aromatic rings. The lowest BCUT2D eigenvalue weighted by molar-refractivity contribution is -0.146. The third-order valence-corrected chi connectivity index (χ3v) is 9.63. The number of nitrogens with one attached hydrogen (secondary N) is 2. The fourth-order valence-electron chi connectivity index (χ4n) is 6.06. The smallest absolute Gasteiger partial charge is 0.338 e. The van der Waals surface area contributed by atoms with Crippen molar-refractivity contribution < 1.29 is 47.7 Å². The zero-order chi connectivity index (χ0) is 42.6. The Balaban J connectivity index is 1.29. The molecule has 1 fully saturated rings. The number of esters is 4. The summed E-state index contributed by atoms with van der Waals surface area (Å²) < 4.78 is 28.6. The first kappa shape index (κ1) is 44.1. The van der Waals surface area contributed by atoms with Crippen LogP contribution in [0.3, 0.4) is 0 Å². The molecule has 1 unspecified atom stereocenters. The maximum Gasteiger partial charge on any atom is 0.338 e. The number of anilines is 1. The van der Waals surface area contributed by atoms with Crippen LogP contribution >= 0.6 is 23.2 Å². The summed E-state index contributed by atoms with van der Waals surface area (Å²) in [5.41, 5.74) is -0.0158. The van der Waals surface area contributed by atoms with Gasteiger partial charge >= 0.3 is 29.6 Å². The first-order valence-corrected chi connectivity index (χ1v) is 19.3. The van der Waals surface area contributed by atoms with E-state index in [1.165, 1.54) is 71.4 Å². The van der Waals surface area contributed by atoms with Gasteiger partial charge in [-0.3, -0.25) is 23.9 Å². The molecule has 5 rings (SSSR count). The lowest BCUT2D eigenvalue weighted by atomic mass is 10.1. The quantitative estimate of drug-likeness (QED) is 0.108. The van der Waals surface area contributed by atoms with Gasteiger partial charge in [0.15, 0.2) is 0 Å². The number of benzene rings is 3. The van der Waals surface area contributed by atoms with Crippen LogP contribution in [0.25, 0.3) is 0 Å². The van der Waals surface area contributed by atoms with Crippen molar-refractivity contribution in [3.05, 3.63) is 132 Å². The number of rotatable bonds is 17. The number of carbonyl (C=O) groups excluding carboxylic acids is 5. The molecule has 312 valence electrons. The number of H-pyrrole nitrogens is 1. The van der Waals surface area contributed by atoms with Crippen LogP contribution in [0.5, 0.6) is 0 Å². The van der Waals surface area contributed by atoms with Gasteiger partial charge in [-0.1, -0.05) is 23.2 Å². The summed E-state index contributed by atoms with van der Waals surface area (Å²) >= 11 is 11.9. The maximum absolute atomic E-state index is 13.2. The van der Waals surface area contributed by atoms with E-state index in [1.807, 2.05) is 0 Å². The minimum Gasteiger partial charge on any atom is -0.466 e. The monoisotopic (exact) mass is 852 g/mol. The molecule has 0 saturated carbocycles. The van der Waals surface area contributed by atoms with E-state index in [1.54, 1.807) is 37.9 Å². The molecular formula is C41H42Cl2N4O12. The summed E-state index contributed by atoms with van der Waals surface area (Å²) in [6, 6.07) is 17.3. The Kier molecular flexibility index (Phi) is 15.4. The van der Waals surface area contributed by atoms with E-state index in [4.69, 9.17) is 46.9 Å². The Morgan fingerprint density at radius 2 is 1.44 bits per heavy atom. The SMILES string of the molecule is CCOC(=O)CCC(NC(=O)c1ccc(N(C)Cc2cn([C@H]3C[C@H](OC(=O)c4ccc(Cl)cc4)[C@@H](COC(=O)c4ccc(Cl)cc4)O3)c(=O)[nH]c2=O)cc1)C(=O)OCC. The number of amides is 1. The first-order valence-electron chi connectivity index (χ1n) is 18.6. The van der Waals surface area contributed by atoms with Crippen LogP contribution in [0.2, 0.25) is 10.0 Å². The van der Waals surface area contributed by atoms with Crippen molar-refractivity contribution >= 4 is 58.7 Å². The summed E-state index contributed by atoms with van der Waals surface area (Å²) in [4.78, 5) is 93.6.